The molecule has 0 aliphatic rings. The predicted molar refractivity (Wildman–Crippen MR) is 58.0 cm³/mol. The van der Waals surface area contributed by atoms with Crippen molar-refractivity contribution in [2.75, 3.05) is 12.3 Å². The summed E-state index contributed by atoms with van der Waals surface area (Å²) < 4.78 is 0. The van der Waals surface area contributed by atoms with Crippen LogP contribution in [0, 0.1) is 12.3 Å². The summed E-state index contributed by atoms with van der Waals surface area (Å²) in [5.74, 6) is 2.63. The molecule has 0 atom stereocenters. The summed E-state index contributed by atoms with van der Waals surface area (Å²) in [5, 5.41) is 8.90. The molecule has 4 N–H and O–H groups in total. The molecule has 0 unspecified atom stereocenters. The highest BCUT2D eigenvalue weighted by Gasteiger charge is 2.09. The van der Waals surface area contributed by atoms with E-state index in [1.807, 2.05) is 0 Å². The SMILES string of the molecule is C#CCCCCNC(=O)c1cn[nH]c1N. The van der Waals surface area contributed by atoms with Gasteiger partial charge >= 0.3 is 0 Å². The van der Waals surface area contributed by atoms with Crippen LogP contribution in [-0.4, -0.2) is 22.6 Å². The number of carbonyl (C=O) groups excluding carboxylic acids is 1. The number of hydrogen-bond donors (Lipinski definition) is 3. The van der Waals surface area contributed by atoms with Crippen molar-refractivity contribution >= 4 is 11.7 Å². The van der Waals surface area contributed by atoms with Gasteiger partial charge in [-0.3, -0.25) is 9.89 Å². The number of nitrogens with zero attached hydrogens (tertiary/aromatic N) is 1. The molecule has 0 saturated heterocycles. The zero-order valence-corrected chi connectivity index (χ0v) is 8.42. The van der Waals surface area contributed by atoms with E-state index >= 15 is 0 Å². The molecule has 0 aliphatic carbocycles. The number of nitrogens with one attached hydrogen (secondary N) is 2. The molecule has 5 nitrogen and oxygen atoms in total. The molecule has 0 radical (unpaired) electrons. The first kappa shape index (κ1) is 11.1. The third kappa shape index (κ3) is 3.35. The van der Waals surface area contributed by atoms with E-state index in [9.17, 15) is 4.79 Å². The highest BCUT2D eigenvalue weighted by atomic mass is 16.1. The van der Waals surface area contributed by atoms with E-state index in [1.165, 1.54) is 6.20 Å². The van der Waals surface area contributed by atoms with Crippen LogP contribution in [0.2, 0.25) is 0 Å². The predicted octanol–water partition coefficient (Wildman–Crippen LogP) is 0.525. The van der Waals surface area contributed by atoms with Crippen LogP contribution < -0.4 is 11.1 Å². The number of aromatic amines is 1. The monoisotopic (exact) mass is 206 g/mol. The molecule has 0 fully saturated rings. The number of rotatable bonds is 5. The fraction of sp³-hybridized carbons (Fsp3) is 0.400. The van der Waals surface area contributed by atoms with Crippen LogP contribution in [0.4, 0.5) is 5.82 Å². The van der Waals surface area contributed by atoms with Gasteiger partial charge in [0.2, 0.25) is 0 Å². The van der Waals surface area contributed by atoms with Gasteiger partial charge in [0.15, 0.2) is 0 Å². The second-order valence-electron chi connectivity index (χ2n) is 3.11. The Kier molecular flexibility index (Phi) is 4.23. The van der Waals surface area contributed by atoms with Crippen molar-refractivity contribution in [2.45, 2.75) is 19.3 Å². The van der Waals surface area contributed by atoms with Gasteiger partial charge in [-0.2, -0.15) is 5.10 Å². The Morgan fingerprint density at radius 3 is 3.07 bits per heavy atom. The molecule has 0 bridgehead atoms. The van der Waals surface area contributed by atoms with Crippen LogP contribution in [0.5, 0.6) is 0 Å². The summed E-state index contributed by atoms with van der Waals surface area (Å²) in [6.45, 7) is 0.602. The van der Waals surface area contributed by atoms with Gasteiger partial charge < -0.3 is 11.1 Å². The first-order valence-electron chi connectivity index (χ1n) is 4.76. The molecule has 1 amide bonds. The maximum absolute atomic E-state index is 11.5. The fourth-order valence-electron chi connectivity index (χ4n) is 1.13. The lowest BCUT2D eigenvalue weighted by Gasteiger charge is -2.02. The number of nitrogens with two attached hydrogens (primary N) is 1. The molecule has 5 heteroatoms. The Morgan fingerprint density at radius 2 is 2.47 bits per heavy atom. The Labute approximate surface area is 88.4 Å². The highest BCUT2D eigenvalue weighted by molar-refractivity contribution is 5.97. The number of carbonyl (C=O) groups is 1. The summed E-state index contributed by atoms with van der Waals surface area (Å²) in [5.41, 5.74) is 5.87. The molecular formula is C10H14N4O. The van der Waals surface area contributed by atoms with Gasteiger partial charge in [0.1, 0.15) is 11.4 Å². The number of unbranched alkanes of at least 4 members (excludes halogenated alkanes) is 2. The fourth-order valence-corrected chi connectivity index (χ4v) is 1.13. The summed E-state index contributed by atoms with van der Waals surface area (Å²) >= 11 is 0. The number of anilines is 1. The normalized spacial score (nSPS) is 9.53. The number of nitrogen functional groups attached to an aromatic ring is 1. The second-order valence-corrected chi connectivity index (χ2v) is 3.11. The summed E-state index contributed by atoms with van der Waals surface area (Å²) in [6.07, 6.45) is 9.03. The van der Waals surface area contributed by atoms with Crippen molar-refractivity contribution in [2.24, 2.45) is 0 Å². The third-order valence-corrected chi connectivity index (χ3v) is 1.95. The van der Waals surface area contributed by atoms with Crippen LogP contribution in [0.3, 0.4) is 0 Å². The van der Waals surface area contributed by atoms with Gasteiger partial charge in [0, 0.05) is 13.0 Å². The number of aromatic nitrogens is 2. The minimum Gasteiger partial charge on any atom is -0.383 e. The van der Waals surface area contributed by atoms with Gasteiger partial charge in [-0.1, -0.05) is 0 Å². The molecule has 80 valence electrons. The van der Waals surface area contributed by atoms with E-state index < -0.39 is 0 Å². The van der Waals surface area contributed by atoms with E-state index in [4.69, 9.17) is 12.2 Å². The molecular weight excluding hydrogens is 192 g/mol. The molecule has 1 aromatic heterocycles. The van der Waals surface area contributed by atoms with Gasteiger partial charge in [0.25, 0.3) is 5.91 Å². The molecule has 0 spiro atoms. The number of hydrogen-bond acceptors (Lipinski definition) is 3. The van der Waals surface area contributed by atoms with Crippen LogP contribution in [-0.2, 0) is 0 Å². The first-order chi connectivity index (χ1) is 7.25. The van der Waals surface area contributed by atoms with E-state index in [0.717, 1.165) is 19.3 Å². The standard InChI is InChI=1S/C10H14N4O/c1-2-3-4-5-6-12-10(15)8-7-13-14-9(8)11/h1,7H,3-6H2,(H,12,15)(H3,11,13,14). The van der Waals surface area contributed by atoms with E-state index in [-0.39, 0.29) is 11.7 Å². The van der Waals surface area contributed by atoms with E-state index in [0.29, 0.717) is 12.1 Å². The Morgan fingerprint density at radius 1 is 1.67 bits per heavy atom. The Hall–Kier alpha value is -1.96. The highest BCUT2D eigenvalue weighted by Crippen LogP contribution is 2.05. The third-order valence-electron chi connectivity index (χ3n) is 1.95. The topological polar surface area (TPSA) is 83.8 Å². The first-order valence-corrected chi connectivity index (χ1v) is 4.76. The molecule has 1 heterocycles. The molecule has 15 heavy (non-hydrogen) atoms. The van der Waals surface area contributed by atoms with Crippen molar-refractivity contribution in [1.82, 2.24) is 15.5 Å². The smallest absolute Gasteiger partial charge is 0.256 e. The number of H-pyrrole nitrogens is 1. The lowest BCUT2D eigenvalue weighted by molar-refractivity contribution is 0.0954. The van der Waals surface area contributed by atoms with E-state index in [2.05, 4.69) is 21.4 Å². The summed E-state index contributed by atoms with van der Waals surface area (Å²) in [6, 6.07) is 0. The number of terminal acetylenes is 1. The lowest BCUT2D eigenvalue weighted by Crippen LogP contribution is -2.24. The van der Waals surface area contributed by atoms with Gasteiger partial charge in [-0.05, 0) is 12.8 Å². The van der Waals surface area contributed by atoms with E-state index in [1.54, 1.807) is 0 Å². The zero-order valence-electron chi connectivity index (χ0n) is 8.42. The minimum atomic E-state index is -0.207. The van der Waals surface area contributed by atoms with Crippen molar-refractivity contribution < 1.29 is 4.79 Å². The van der Waals surface area contributed by atoms with Crippen molar-refractivity contribution in [1.29, 1.82) is 0 Å². The summed E-state index contributed by atoms with van der Waals surface area (Å²) in [7, 11) is 0. The molecule has 1 aromatic rings. The second kappa shape index (κ2) is 5.70. The van der Waals surface area contributed by atoms with Crippen molar-refractivity contribution in [3.8, 4) is 12.3 Å². The molecule has 1 rings (SSSR count). The molecule has 0 saturated carbocycles. The van der Waals surface area contributed by atoms with Gasteiger partial charge in [0.05, 0.1) is 6.20 Å². The maximum Gasteiger partial charge on any atom is 0.256 e. The molecule has 0 aromatic carbocycles. The van der Waals surface area contributed by atoms with Gasteiger partial charge in [-0.25, -0.2) is 0 Å². The minimum absolute atomic E-state index is 0.207. The Bertz CT molecular complexity index is 364. The average Bonchev–Trinajstić information content (AvgIpc) is 2.64. The lowest BCUT2D eigenvalue weighted by atomic mass is 10.2. The molecule has 0 aliphatic heterocycles. The zero-order chi connectivity index (χ0) is 11.1. The van der Waals surface area contributed by atoms with Crippen LogP contribution in [0.25, 0.3) is 0 Å². The maximum atomic E-state index is 11.5. The van der Waals surface area contributed by atoms with Crippen LogP contribution in [0.15, 0.2) is 6.20 Å². The van der Waals surface area contributed by atoms with Gasteiger partial charge in [-0.15, -0.1) is 12.3 Å². The van der Waals surface area contributed by atoms with Crippen molar-refractivity contribution in [3.05, 3.63) is 11.8 Å². The quantitative estimate of drug-likeness (QED) is 0.485. The Balaban J connectivity index is 2.26. The summed E-state index contributed by atoms with van der Waals surface area (Å²) in [4.78, 5) is 11.5. The van der Waals surface area contributed by atoms with Crippen molar-refractivity contribution in [3.63, 3.8) is 0 Å². The van der Waals surface area contributed by atoms with Crippen LogP contribution in [0.1, 0.15) is 29.6 Å². The average molecular weight is 206 g/mol. The largest absolute Gasteiger partial charge is 0.383 e. The number of amides is 1. The van der Waals surface area contributed by atoms with Crippen LogP contribution >= 0.6 is 0 Å².